The molecule has 0 unspecified atom stereocenters. The highest BCUT2D eigenvalue weighted by Crippen LogP contribution is 2.22. The van der Waals surface area contributed by atoms with Crippen LogP contribution in [0.5, 0.6) is 5.75 Å². The van der Waals surface area contributed by atoms with Gasteiger partial charge < -0.3 is 4.74 Å². The fraction of sp³-hybridized carbons (Fsp3) is 0.125. The lowest BCUT2D eigenvalue weighted by Gasteiger charge is -2.06. The van der Waals surface area contributed by atoms with Crippen LogP contribution in [0, 0.1) is 0 Å². The number of nitrogens with zero attached hydrogens (tertiary/aromatic N) is 1. The topological polar surface area (TPSA) is 50.7 Å². The lowest BCUT2D eigenvalue weighted by molar-refractivity contribution is -0.123. The minimum atomic E-state index is -0.344. The number of amides is 1. The number of halogens is 2. The standard InChI is InChI=1S/C16H14Cl2N2O2/c1-11(12-7-8-14(17)15(18)9-12)19-20-16(21)10-22-13-5-3-2-4-6-13/h2-9H,10H2,1H3,(H,20,21)/b19-11+. The quantitative estimate of drug-likeness (QED) is 0.664. The molecule has 0 bridgehead atoms. The Bertz CT molecular complexity index is 688. The number of nitrogens with one attached hydrogen (secondary N) is 1. The molecular formula is C16H14Cl2N2O2. The summed E-state index contributed by atoms with van der Waals surface area (Å²) in [5.41, 5.74) is 3.83. The van der Waals surface area contributed by atoms with E-state index in [0.29, 0.717) is 21.5 Å². The number of rotatable bonds is 5. The number of hydrogen-bond donors (Lipinski definition) is 1. The summed E-state index contributed by atoms with van der Waals surface area (Å²) in [5.74, 6) is 0.283. The minimum absolute atomic E-state index is 0.109. The van der Waals surface area contributed by atoms with Gasteiger partial charge in [0, 0.05) is 0 Å². The molecule has 0 atom stereocenters. The monoisotopic (exact) mass is 336 g/mol. The van der Waals surface area contributed by atoms with Crippen molar-refractivity contribution in [3.63, 3.8) is 0 Å². The molecule has 2 rings (SSSR count). The summed E-state index contributed by atoms with van der Waals surface area (Å²) < 4.78 is 5.32. The van der Waals surface area contributed by atoms with Crippen LogP contribution < -0.4 is 10.2 Å². The van der Waals surface area contributed by atoms with Crippen LogP contribution in [0.3, 0.4) is 0 Å². The lowest BCUT2D eigenvalue weighted by atomic mass is 10.1. The molecule has 0 spiro atoms. The first-order chi connectivity index (χ1) is 10.6. The van der Waals surface area contributed by atoms with Crippen LogP contribution in [0.25, 0.3) is 0 Å². The van der Waals surface area contributed by atoms with Gasteiger partial charge in [0.25, 0.3) is 5.91 Å². The first-order valence-electron chi connectivity index (χ1n) is 6.52. The Balaban J connectivity index is 1.90. The molecule has 0 aliphatic carbocycles. The van der Waals surface area contributed by atoms with Gasteiger partial charge in [0.05, 0.1) is 15.8 Å². The molecule has 114 valence electrons. The van der Waals surface area contributed by atoms with E-state index >= 15 is 0 Å². The third-order valence-electron chi connectivity index (χ3n) is 2.80. The molecular weight excluding hydrogens is 323 g/mol. The summed E-state index contributed by atoms with van der Waals surface area (Å²) in [6, 6.07) is 14.2. The largest absolute Gasteiger partial charge is 0.484 e. The molecule has 0 aliphatic heterocycles. The van der Waals surface area contributed by atoms with E-state index in [1.54, 1.807) is 37.3 Å². The Morgan fingerprint density at radius 3 is 2.55 bits per heavy atom. The second-order valence-corrected chi connectivity index (χ2v) is 5.28. The van der Waals surface area contributed by atoms with Gasteiger partial charge in [0.15, 0.2) is 6.61 Å². The first kappa shape index (κ1) is 16.3. The van der Waals surface area contributed by atoms with Gasteiger partial charge in [-0.25, -0.2) is 5.43 Å². The summed E-state index contributed by atoms with van der Waals surface area (Å²) in [7, 11) is 0. The number of carbonyl (C=O) groups is 1. The number of hydrogen-bond acceptors (Lipinski definition) is 3. The molecule has 2 aromatic carbocycles. The summed E-state index contributed by atoms with van der Waals surface area (Å²) >= 11 is 11.8. The lowest BCUT2D eigenvalue weighted by Crippen LogP contribution is -2.25. The fourth-order valence-corrected chi connectivity index (χ4v) is 1.93. The molecule has 0 fully saturated rings. The Hall–Kier alpha value is -2.04. The first-order valence-corrected chi connectivity index (χ1v) is 7.28. The SMILES string of the molecule is C/C(=N\NC(=O)COc1ccccc1)c1ccc(Cl)c(Cl)c1. The second-order valence-electron chi connectivity index (χ2n) is 4.46. The highest BCUT2D eigenvalue weighted by molar-refractivity contribution is 6.42. The number of hydrazone groups is 1. The molecule has 0 radical (unpaired) electrons. The van der Waals surface area contributed by atoms with Crippen molar-refractivity contribution in [2.75, 3.05) is 6.61 Å². The highest BCUT2D eigenvalue weighted by atomic mass is 35.5. The van der Waals surface area contributed by atoms with Gasteiger partial charge >= 0.3 is 0 Å². The zero-order chi connectivity index (χ0) is 15.9. The Morgan fingerprint density at radius 1 is 1.14 bits per heavy atom. The Kier molecular flexibility index (Phi) is 5.81. The van der Waals surface area contributed by atoms with E-state index in [1.165, 1.54) is 0 Å². The summed E-state index contributed by atoms with van der Waals surface area (Å²) in [5, 5.41) is 4.92. The summed E-state index contributed by atoms with van der Waals surface area (Å²) in [6.07, 6.45) is 0. The molecule has 0 saturated heterocycles. The van der Waals surface area contributed by atoms with Crippen LogP contribution in [0.15, 0.2) is 53.6 Å². The van der Waals surface area contributed by atoms with E-state index in [2.05, 4.69) is 10.5 Å². The van der Waals surface area contributed by atoms with Gasteiger partial charge in [0.2, 0.25) is 0 Å². The molecule has 0 heterocycles. The number of benzene rings is 2. The van der Waals surface area contributed by atoms with E-state index in [4.69, 9.17) is 27.9 Å². The van der Waals surface area contributed by atoms with Crippen molar-refractivity contribution in [3.8, 4) is 5.75 Å². The van der Waals surface area contributed by atoms with Gasteiger partial charge in [-0.1, -0.05) is 47.5 Å². The Morgan fingerprint density at radius 2 is 1.86 bits per heavy atom. The molecule has 2 aromatic rings. The van der Waals surface area contributed by atoms with Crippen molar-refractivity contribution < 1.29 is 9.53 Å². The third-order valence-corrected chi connectivity index (χ3v) is 3.54. The van der Waals surface area contributed by atoms with Crippen LogP contribution in [-0.4, -0.2) is 18.2 Å². The van der Waals surface area contributed by atoms with Gasteiger partial charge in [-0.3, -0.25) is 4.79 Å². The van der Waals surface area contributed by atoms with Gasteiger partial charge in [-0.05, 0) is 36.8 Å². The molecule has 0 saturated carbocycles. The van der Waals surface area contributed by atoms with Gasteiger partial charge in [-0.15, -0.1) is 0 Å². The van der Waals surface area contributed by atoms with Crippen LogP contribution in [-0.2, 0) is 4.79 Å². The number of para-hydroxylation sites is 1. The van der Waals surface area contributed by atoms with Crippen LogP contribution >= 0.6 is 23.2 Å². The van der Waals surface area contributed by atoms with E-state index in [9.17, 15) is 4.79 Å². The number of carbonyl (C=O) groups excluding carboxylic acids is 1. The molecule has 4 nitrogen and oxygen atoms in total. The minimum Gasteiger partial charge on any atom is -0.484 e. The average molecular weight is 337 g/mol. The van der Waals surface area contributed by atoms with Crippen molar-refractivity contribution in [2.24, 2.45) is 5.10 Å². The van der Waals surface area contributed by atoms with E-state index in [1.807, 2.05) is 18.2 Å². The second kappa shape index (κ2) is 7.82. The summed E-state index contributed by atoms with van der Waals surface area (Å²) in [4.78, 5) is 11.7. The predicted octanol–water partition coefficient (Wildman–Crippen LogP) is 3.91. The van der Waals surface area contributed by atoms with Crippen molar-refractivity contribution in [1.29, 1.82) is 0 Å². The maximum Gasteiger partial charge on any atom is 0.277 e. The third kappa shape index (κ3) is 4.76. The molecule has 0 aliphatic rings. The molecule has 22 heavy (non-hydrogen) atoms. The van der Waals surface area contributed by atoms with Crippen LogP contribution in [0.4, 0.5) is 0 Å². The van der Waals surface area contributed by atoms with E-state index in [-0.39, 0.29) is 12.5 Å². The predicted molar refractivity (Wildman–Crippen MR) is 88.8 cm³/mol. The molecule has 1 N–H and O–H groups in total. The maximum absolute atomic E-state index is 11.7. The number of ether oxygens (including phenoxy) is 1. The highest BCUT2D eigenvalue weighted by Gasteiger charge is 2.04. The zero-order valence-corrected chi connectivity index (χ0v) is 13.4. The van der Waals surface area contributed by atoms with Crippen molar-refractivity contribution >= 4 is 34.8 Å². The molecule has 1 amide bonds. The summed E-state index contributed by atoms with van der Waals surface area (Å²) in [6.45, 7) is 1.65. The Labute approximate surface area is 138 Å². The van der Waals surface area contributed by atoms with Gasteiger partial charge in [-0.2, -0.15) is 5.10 Å². The average Bonchev–Trinajstić information content (AvgIpc) is 2.54. The molecule has 6 heteroatoms. The van der Waals surface area contributed by atoms with Crippen molar-refractivity contribution in [2.45, 2.75) is 6.92 Å². The zero-order valence-electron chi connectivity index (χ0n) is 11.8. The molecule has 0 aromatic heterocycles. The van der Waals surface area contributed by atoms with Gasteiger partial charge in [0.1, 0.15) is 5.75 Å². The van der Waals surface area contributed by atoms with Crippen LogP contribution in [0.1, 0.15) is 12.5 Å². The fourth-order valence-electron chi connectivity index (χ4n) is 1.63. The van der Waals surface area contributed by atoms with Crippen molar-refractivity contribution in [3.05, 3.63) is 64.1 Å². The van der Waals surface area contributed by atoms with E-state index in [0.717, 1.165) is 5.56 Å². The van der Waals surface area contributed by atoms with E-state index < -0.39 is 0 Å². The van der Waals surface area contributed by atoms with Crippen molar-refractivity contribution in [1.82, 2.24) is 5.43 Å². The normalized spacial score (nSPS) is 11.1. The smallest absolute Gasteiger partial charge is 0.277 e. The van der Waals surface area contributed by atoms with Crippen LogP contribution in [0.2, 0.25) is 10.0 Å². The maximum atomic E-state index is 11.7.